The molecule has 0 aliphatic carbocycles. The summed E-state index contributed by atoms with van der Waals surface area (Å²) in [6.45, 7) is 2.42. The SMILES string of the molecule is COCc1c[n+](C)c(C)nc1N. The first-order valence-electron chi connectivity index (χ1n) is 3.75. The van der Waals surface area contributed by atoms with Crippen LogP contribution in [0.25, 0.3) is 0 Å². The largest absolute Gasteiger partial charge is 0.380 e. The zero-order chi connectivity index (χ0) is 9.14. The Morgan fingerprint density at radius 1 is 1.67 bits per heavy atom. The van der Waals surface area contributed by atoms with Gasteiger partial charge in [0.25, 0.3) is 5.82 Å². The van der Waals surface area contributed by atoms with Crippen molar-refractivity contribution >= 4 is 5.82 Å². The Bertz CT molecular complexity index is 286. The zero-order valence-corrected chi connectivity index (χ0v) is 7.66. The van der Waals surface area contributed by atoms with Gasteiger partial charge < -0.3 is 10.5 Å². The van der Waals surface area contributed by atoms with Crippen molar-refractivity contribution in [2.75, 3.05) is 12.8 Å². The highest BCUT2D eigenvalue weighted by Crippen LogP contribution is 2.06. The number of anilines is 1. The van der Waals surface area contributed by atoms with Crippen LogP contribution >= 0.6 is 0 Å². The van der Waals surface area contributed by atoms with E-state index in [0.29, 0.717) is 12.4 Å². The first kappa shape index (κ1) is 8.93. The summed E-state index contributed by atoms with van der Waals surface area (Å²) in [5.74, 6) is 1.44. The zero-order valence-electron chi connectivity index (χ0n) is 7.66. The lowest BCUT2D eigenvalue weighted by Crippen LogP contribution is -2.34. The Morgan fingerprint density at radius 2 is 2.33 bits per heavy atom. The molecule has 0 spiro atoms. The van der Waals surface area contributed by atoms with Gasteiger partial charge in [0.2, 0.25) is 5.82 Å². The van der Waals surface area contributed by atoms with Crippen LogP contribution in [-0.2, 0) is 18.4 Å². The van der Waals surface area contributed by atoms with Crippen LogP contribution in [0.15, 0.2) is 6.20 Å². The fraction of sp³-hybridized carbons (Fsp3) is 0.500. The van der Waals surface area contributed by atoms with Crippen molar-refractivity contribution in [3.05, 3.63) is 17.6 Å². The maximum Gasteiger partial charge on any atom is 0.297 e. The average molecular weight is 168 g/mol. The van der Waals surface area contributed by atoms with Gasteiger partial charge in [0, 0.05) is 14.0 Å². The average Bonchev–Trinajstić information content (AvgIpc) is 2.01. The van der Waals surface area contributed by atoms with Crippen molar-refractivity contribution in [1.29, 1.82) is 0 Å². The number of methoxy groups -OCH3 is 1. The quantitative estimate of drug-likeness (QED) is 0.629. The molecule has 0 fully saturated rings. The Labute approximate surface area is 72.0 Å². The van der Waals surface area contributed by atoms with Gasteiger partial charge in [-0.1, -0.05) is 0 Å². The number of nitrogens with zero attached hydrogens (tertiary/aromatic N) is 2. The number of aromatic nitrogens is 2. The molecule has 1 rings (SSSR count). The van der Waals surface area contributed by atoms with Crippen molar-refractivity contribution in [2.45, 2.75) is 13.5 Å². The molecule has 4 heteroatoms. The van der Waals surface area contributed by atoms with Crippen molar-refractivity contribution in [2.24, 2.45) is 7.05 Å². The molecule has 0 radical (unpaired) electrons. The van der Waals surface area contributed by atoms with Crippen molar-refractivity contribution < 1.29 is 9.30 Å². The van der Waals surface area contributed by atoms with Crippen LogP contribution in [0, 0.1) is 6.92 Å². The lowest BCUT2D eigenvalue weighted by Gasteiger charge is -2.00. The first-order chi connectivity index (χ1) is 5.65. The second kappa shape index (κ2) is 3.49. The van der Waals surface area contributed by atoms with Crippen LogP contribution in [0.5, 0.6) is 0 Å². The van der Waals surface area contributed by atoms with Gasteiger partial charge in [-0.2, -0.15) is 0 Å². The van der Waals surface area contributed by atoms with Gasteiger partial charge in [0.1, 0.15) is 6.20 Å². The van der Waals surface area contributed by atoms with Gasteiger partial charge in [-0.3, -0.25) is 0 Å². The molecule has 0 unspecified atom stereocenters. The minimum absolute atomic E-state index is 0.507. The number of rotatable bonds is 2. The molecule has 0 aliphatic heterocycles. The fourth-order valence-electron chi connectivity index (χ4n) is 0.985. The molecule has 0 bridgehead atoms. The van der Waals surface area contributed by atoms with Crippen LogP contribution in [0.2, 0.25) is 0 Å². The van der Waals surface area contributed by atoms with Crippen LogP contribution in [0.1, 0.15) is 11.4 Å². The highest BCUT2D eigenvalue weighted by molar-refractivity contribution is 5.35. The Morgan fingerprint density at radius 3 is 2.92 bits per heavy atom. The molecular weight excluding hydrogens is 154 g/mol. The van der Waals surface area contributed by atoms with Gasteiger partial charge >= 0.3 is 0 Å². The topological polar surface area (TPSA) is 52.0 Å². The van der Waals surface area contributed by atoms with Gasteiger partial charge in [0.15, 0.2) is 0 Å². The summed E-state index contributed by atoms with van der Waals surface area (Å²) in [6.07, 6.45) is 1.93. The van der Waals surface area contributed by atoms with E-state index in [4.69, 9.17) is 10.5 Å². The van der Waals surface area contributed by atoms with Crippen molar-refractivity contribution in [3.63, 3.8) is 0 Å². The first-order valence-corrected chi connectivity index (χ1v) is 3.75. The van der Waals surface area contributed by atoms with E-state index < -0.39 is 0 Å². The Balaban J connectivity index is 3.05. The number of hydrogen-bond donors (Lipinski definition) is 1. The second-order valence-corrected chi connectivity index (χ2v) is 2.74. The number of ether oxygens (including phenoxy) is 1. The Hall–Kier alpha value is -1.16. The summed E-state index contributed by atoms with van der Waals surface area (Å²) in [6, 6.07) is 0. The lowest BCUT2D eigenvalue weighted by molar-refractivity contribution is -0.681. The van der Waals surface area contributed by atoms with Gasteiger partial charge in [-0.25, -0.2) is 4.57 Å². The van der Waals surface area contributed by atoms with Crippen LogP contribution < -0.4 is 10.3 Å². The normalized spacial score (nSPS) is 10.2. The molecule has 0 saturated carbocycles. The molecule has 2 N–H and O–H groups in total. The number of aryl methyl sites for hydroxylation is 2. The van der Waals surface area contributed by atoms with E-state index in [9.17, 15) is 0 Å². The van der Waals surface area contributed by atoms with E-state index in [1.165, 1.54) is 0 Å². The molecule has 1 aromatic heterocycles. The number of nitrogens with two attached hydrogens (primary N) is 1. The lowest BCUT2D eigenvalue weighted by atomic mass is 10.3. The smallest absolute Gasteiger partial charge is 0.297 e. The summed E-state index contributed by atoms with van der Waals surface area (Å²) in [5, 5.41) is 0. The molecule has 0 amide bonds. The van der Waals surface area contributed by atoms with Crippen LogP contribution in [-0.4, -0.2) is 12.1 Å². The van der Waals surface area contributed by atoms with Gasteiger partial charge in [-0.15, -0.1) is 0 Å². The third-order valence-corrected chi connectivity index (χ3v) is 1.77. The van der Waals surface area contributed by atoms with E-state index in [1.54, 1.807) is 7.11 Å². The molecular formula is C8H14N3O+. The molecule has 0 saturated heterocycles. The van der Waals surface area contributed by atoms with E-state index >= 15 is 0 Å². The highest BCUT2D eigenvalue weighted by Gasteiger charge is 2.10. The third kappa shape index (κ3) is 1.71. The molecule has 66 valence electrons. The maximum absolute atomic E-state index is 5.67. The summed E-state index contributed by atoms with van der Waals surface area (Å²) in [7, 11) is 3.57. The van der Waals surface area contributed by atoms with E-state index in [2.05, 4.69) is 4.98 Å². The molecule has 1 aromatic rings. The predicted molar refractivity (Wildman–Crippen MR) is 45.3 cm³/mol. The number of nitrogen functional groups attached to an aromatic ring is 1. The molecule has 0 aliphatic rings. The second-order valence-electron chi connectivity index (χ2n) is 2.74. The summed E-state index contributed by atoms with van der Waals surface area (Å²) in [4.78, 5) is 4.15. The minimum Gasteiger partial charge on any atom is -0.380 e. The monoisotopic (exact) mass is 168 g/mol. The van der Waals surface area contributed by atoms with Gasteiger partial charge in [-0.05, 0) is 4.98 Å². The number of hydrogen-bond acceptors (Lipinski definition) is 3. The van der Waals surface area contributed by atoms with Crippen molar-refractivity contribution in [1.82, 2.24) is 4.98 Å². The Kier molecular flexibility index (Phi) is 2.60. The predicted octanol–water partition coefficient (Wildman–Crippen LogP) is -0.0569. The van der Waals surface area contributed by atoms with E-state index in [0.717, 1.165) is 11.4 Å². The summed E-state index contributed by atoms with van der Waals surface area (Å²) < 4.78 is 6.89. The molecule has 0 aromatic carbocycles. The molecule has 12 heavy (non-hydrogen) atoms. The highest BCUT2D eigenvalue weighted by atomic mass is 16.5. The van der Waals surface area contributed by atoms with E-state index in [1.807, 2.05) is 24.7 Å². The van der Waals surface area contributed by atoms with Crippen molar-refractivity contribution in [3.8, 4) is 0 Å². The molecule has 0 atom stereocenters. The third-order valence-electron chi connectivity index (χ3n) is 1.77. The summed E-state index contributed by atoms with van der Waals surface area (Å²) >= 11 is 0. The summed E-state index contributed by atoms with van der Waals surface area (Å²) in [5.41, 5.74) is 6.59. The minimum atomic E-state index is 0.507. The van der Waals surface area contributed by atoms with Crippen LogP contribution in [0.4, 0.5) is 5.82 Å². The molecule has 4 nitrogen and oxygen atoms in total. The van der Waals surface area contributed by atoms with E-state index in [-0.39, 0.29) is 0 Å². The standard InChI is InChI=1S/C8H13N3O/c1-6-10-8(9)7(5-12-3)4-11(6)2/h4,9H,5H2,1-3H3/p+1. The van der Waals surface area contributed by atoms with Gasteiger partial charge in [0.05, 0.1) is 19.2 Å². The maximum atomic E-state index is 5.67. The molecule has 1 heterocycles. The fourth-order valence-corrected chi connectivity index (χ4v) is 0.985. The van der Waals surface area contributed by atoms with Crippen LogP contribution in [0.3, 0.4) is 0 Å².